The van der Waals surface area contributed by atoms with Crippen molar-refractivity contribution in [2.45, 2.75) is 177 Å². The van der Waals surface area contributed by atoms with E-state index in [0.29, 0.717) is 17.3 Å². The molecule has 6 atom stereocenters. The van der Waals surface area contributed by atoms with E-state index >= 15 is 0 Å². The highest BCUT2D eigenvalue weighted by molar-refractivity contribution is 5.18. The second-order valence-corrected chi connectivity index (χ2v) is 18.3. The molecule has 4 fully saturated rings. The van der Waals surface area contributed by atoms with Crippen LogP contribution in [0.25, 0.3) is 0 Å². The van der Waals surface area contributed by atoms with E-state index in [0.717, 1.165) is 38.5 Å². The first-order valence-corrected chi connectivity index (χ1v) is 16.0. The molecule has 246 valence electrons. The predicted molar refractivity (Wildman–Crippen MR) is 169 cm³/mol. The first-order chi connectivity index (χ1) is 17.4. The molecular weight excluding hydrogens is 516 g/mol. The third-order valence-corrected chi connectivity index (χ3v) is 13.8. The molecule has 0 spiro atoms. The van der Waals surface area contributed by atoms with Gasteiger partial charge in [0.05, 0.1) is 28.5 Å². The monoisotopic (exact) mass is 587 g/mol. The molecule has 0 saturated heterocycles. The van der Waals surface area contributed by atoms with Gasteiger partial charge in [-0.2, -0.15) is 0 Å². The molecule has 4 aliphatic carbocycles. The van der Waals surface area contributed by atoms with Crippen molar-refractivity contribution in [2.24, 2.45) is 44.8 Å². The Morgan fingerprint density at radius 1 is 0.585 bits per heavy atom. The van der Waals surface area contributed by atoms with Gasteiger partial charge in [-0.3, -0.25) is 0 Å². The summed E-state index contributed by atoms with van der Waals surface area (Å²) in [6.07, 6.45) is 6.76. The summed E-state index contributed by atoms with van der Waals surface area (Å²) in [6, 6.07) is 0. The van der Waals surface area contributed by atoms with Crippen molar-refractivity contribution in [3.63, 3.8) is 0 Å². The van der Waals surface area contributed by atoms with Gasteiger partial charge in [0.2, 0.25) is 0 Å². The Hall–Kier alpha value is -0.240. The van der Waals surface area contributed by atoms with E-state index < -0.39 is 22.4 Å². The molecule has 4 saturated carbocycles. The molecule has 0 aromatic carbocycles. The quantitative estimate of drug-likeness (QED) is 0.265. The van der Waals surface area contributed by atoms with E-state index in [1.807, 2.05) is 62.3 Å². The van der Waals surface area contributed by atoms with Gasteiger partial charge >= 0.3 is 0 Å². The zero-order valence-corrected chi connectivity index (χ0v) is 29.5. The van der Waals surface area contributed by atoms with Crippen LogP contribution in [-0.2, 0) is 0 Å². The average molecular weight is 587 g/mol. The van der Waals surface area contributed by atoms with Crippen LogP contribution in [-0.4, -0.2) is 59.5 Å². The Bertz CT molecular complexity index is 834. The summed E-state index contributed by atoms with van der Waals surface area (Å²) in [5, 5.41) is 50.7. The molecule has 0 aromatic rings. The predicted octanol–water partition coefficient (Wildman–Crippen LogP) is 6.28. The van der Waals surface area contributed by atoms with Crippen LogP contribution in [0.3, 0.4) is 0 Å². The second-order valence-electron chi connectivity index (χ2n) is 18.3. The molecule has 2 bridgehead atoms. The first kappa shape index (κ1) is 38.8. The van der Waals surface area contributed by atoms with E-state index in [9.17, 15) is 25.5 Å². The fourth-order valence-electron chi connectivity index (χ4n) is 10.0. The van der Waals surface area contributed by atoms with Gasteiger partial charge in [-0.05, 0) is 133 Å². The van der Waals surface area contributed by atoms with Crippen LogP contribution in [0.2, 0.25) is 0 Å². The molecule has 41 heavy (non-hydrogen) atoms. The third-order valence-electron chi connectivity index (χ3n) is 13.8. The topological polar surface area (TPSA) is 133 Å². The highest BCUT2D eigenvalue weighted by atomic mass is 16.3. The fourth-order valence-corrected chi connectivity index (χ4v) is 10.0. The number of hydrogen-bond acceptors (Lipinski definition) is 5. The van der Waals surface area contributed by atoms with Crippen LogP contribution < -0.4 is 0 Å². The fraction of sp³-hybridized carbons (Fsp3) is 1.00. The molecule has 4 rings (SSSR count). The minimum absolute atomic E-state index is 0. The lowest BCUT2D eigenvalue weighted by Crippen LogP contribution is -2.54. The van der Waals surface area contributed by atoms with Gasteiger partial charge in [0.15, 0.2) is 0 Å². The molecule has 0 aliphatic heterocycles. The van der Waals surface area contributed by atoms with Crippen LogP contribution in [0.5, 0.6) is 0 Å². The lowest BCUT2D eigenvalue weighted by atomic mass is 9.60. The second kappa shape index (κ2) is 11.3. The zero-order chi connectivity index (χ0) is 31.8. The van der Waals surface area contributed by atoms with E-state index in [1.54, 1.807) is 0 Å². The summed E-state index contributed by atoms with van der Waals surface area (Å²) in [7, 11) is 0. The molecule has 0 aromatic heterocycles. The minimum atomic E-state index is -0.777. The summed E-state index contributed by atoms with van der Waals surface area (Å²) in [6.45, 7) is 30.9. The summed E-state index contributed by atoms with van der Waals surface area (Å²) in [5.74, 6) is 1.19. The maximum atomic E-state index is 10.3. The molecule has 6 heteroatoms. The highest BCUT2D eigenvalue weighted by Gasteiger charge is 2.69. The summed E-state index contributed by atoms with van der Waals surface area (Å²) < 4.78 is 0. The summed E-state index contributed by atoms with van der Waals surface area (Å²) >= 11 is 0. The Labute approximate surface area is 253 Å². The molecule has 0 heterocycles. The van der Waals surface area contributed by atoms with E-state index in [-0.39, 0.29) is 39.2 Å². The van der Waals surface area contributed by atoms with Crippen LogP contribution >= 0.6 is 0 Å². The number of rotatable bonds is 3. The molecule has 7 N–H and O–H groups in total. The lowest BCUT2D eigenvalue weighted by molar-refractivity contribution is -0.149. The molecule has 4 aliphatic rings. The van der Waals surface area contributed by atoms with Crippen molar-refractivity contribution in [1.29, 1.82) is 0 Å². The van der Waals surface area contributed by atoms with Gasteiger partial charge in [0.25, 0.3) is 0 Å². The lowest BCUT2D eigenvalue weighted by Gasteiger charge is -2.49. The van der Waals surface area contributed by atoms with Crippen molar-refractivity contribution in [1.82, 2.24) is 0 Å². The maximum Gasteiger partial charge on any atom is 0.0677 e. The van der Waals surface area contributed by atoms with Crippen molar-refractivity contribution in [2.75, 3.05) is 0 Å². The van der Waals surface area contributed by atoms with E-state index in [1.165, 1.54) is 6.42 Å². The van der Waals surface area contributed by atoms with Crippen molar-refractivity contribution < 1.29 is 31.0 Å². The SMILES string of the molecule is CC(C)(O)C12CCC(CC1O)C2(C)C.CC(C)(O)[C@H]1CCC(C)(C)C1(C)C.CC(C)(O)[C@H]1CC[C@@](C)(O)C1(C)C.O. The summed E-state index contributed by atoms with van der Waals surface area (Å²) in [4.78, 5) is 0. The maximum absolute atomic E-state index is 10.3. The van der Waals surface area contributed by atoms with Gasteiger partial charge in [-0.15, -0.1) is 0 Å². The van der Waals surface area contributed by atoms with Crippen molar-refractivity contribution in [3.05, 3.63) is 0 Å². The van der Waals surface area contributed by atoms with Crippen LogP contribution in [0.1, 0.15) is 149 Å². The average Bonchev–Trinajstić information content (AvgIpc) is 3.25. The Morgan fingerprint density at radius 3 is 1.17 bits per heavy atom. The Kier molecular flexibility index (Phi) is 10.7. The Balaban J connectivity index is 0.000000304. The van der Waals surface area contributed by atoms with Gasteiger partial charge < -0.3 is 31.0 Å². The summed E-state index contributed by atoms with van der Waals surface area (Å²) in [5.41, 5.74) is -2.45. The Morgan fingerprint density at radius 2 is 1.00 bits per heavy atom. The number of fused-ring (bicyclic) bond motifs is 2. The number of aliphatic hydroxyl groups excluding tert-OH is 1. The van der Waals surface area contributed by atoms with Crippen LogP contribution in [0.4, 0.5) is 0 Å². The van der Waals surface area contributed by atoms with Crippen molar-refractivity contribution in [3.8, 4) is 0 Å². The smallest absolute Gasteiger partial charge is 0.0677 e. The van der Waals surface area contributed by atoms with Gasteiger partial charge in [-0.1, -0.05) is 55.4 Å². The van der Waals surface area contributed by atoms with Gasteiger partial charge in [-0.25, -0.2) is 0 Å². The molecular formula is C35H70O6. The van der Waals surface area contributed by atoms with E-state index in [2.05, 4.69) is 41.5 Å². The molecule has 3 unspecified atom stereocenters. The minimum Gasteiger partial charge on any atom is -0.412 e. The highest BCUT2D eigenvalue weighted by Crippen LogP contribution is 2.69. The standard InChI is InChI=1S/C12H22O2.C12H24O.C11H22O2.H2O/c1-10(2)8-5-6-12(10,9(13)7-8)11(3,4)14;1-10(2)8-7-9(11(10,3)4)12(5,6)13;1-9(2)8(10(3,4)12)6-7-11(9,5)13;/h8-9,13-14H,5-7H2,1-4H3;9,13H,7-8H2,1-6H3;8,12-13H,6-7H2,1-5H3;1H2/t;9-;8-,11+;/m.00./s1. The largest absolute Gasteiger partial charge is 0.412 e. The zero-order valence-electron chi connectivity index (χ0n) is 29.5. The van der Waals surface area contributed by atoms with Gasteiger partial charge in [0.1, 0.15) is 0 Å². The van der Waals surface area contributed by atoms with Crippen LogP contribution in [0, 0.1) is 44.8 Å². The van der Waals surface area contributed by atoms with Gasteiger partial charge in [0, 0.05) is 5.41 Å². The third kappa shape index (κ3) is 6.45. The molecule has 0 amide bonds. The number of hydrogen-bond donors (Lipinski definition) is 5. The number of aliphatic hydroxyl groups is 5. The molecule has 6 nitrogen and oxygen atoms in total. The molecule has 0 radical (unpaired) electrons. The first-order valence-electron chi connectivity index (χ1n) is 16.0. The van der Waals surface area contributed by atoms with Crippen LogP contribution in [0.15, 0.2) is 0 Å². The van der Waals surface area contributed by atoms with Crippen molar-refractivity contribution >= 4 is 0 Å². The normalized spacial score (nSPS) is 38.3. The van der Waals surface area contributed by atoms with E-state index in [4.69, 9.17) is 0 Å².